The van der Waals surface area contributed by atoms with Gasteiger partial charge in [0.2, 0.25) is 5.91 Å². The Bertz CT molecular complexity index is 1600. The minimum Gasteiger partial charge on any atom is -0.358 e. The molecular weight excluding hydrogens is 520 g/mol. The number of aromatic nitrogens is 3. The number of hydrogen-bond donors (Lipinski definition) is 2. The van der Waals surface area contributed by atoms with E-state index in [-0.39, 0.29) is 11.7 Å². The van der Waals surface area contributed by atoms with Gasteiger partial charge in [-0.3, -0.25) is 4.79 Å². The lowest BCUT2D eigenvalue weighted by Gasteiger charge is -2.28. The van der Waals surface area contributed by atoms with Crippen LogP contribution in [0, 0.1) is 22.5 Å². The molecule has 2 N–H and O–H groups in total. The highest BCUT2D eigenvalue weighted by Crippen LogP contribution is 2.27. The zero-order chi connectivity index (χ0) is 28.2. The van der Waals surface area contributed by atoms with Crippen LogP contribution in [0.5, 0.6) is 0 Å². The number of likely N-dealkylation sites (N-methyl/N-ethyl adjacent to an activating group) is 1. The Labute approximate surface area is 230 Å². The van der Waals surface area contributed by atoms with Gasteiger partial charge in [0.05, 0.1) is 42.9 Å². The van der Waals surface area contributed by atoms with Gasteiger partial charge in [0.1, 0.15) is 30.2 Å². The highest BCUT2D eigenvalue weighted by atomic mass is 35.5. The topological polar surface area (TPSA) is 135 Å². The van der Waals surface area contributed by atoms with Crippen molar-refractivity contribution in [3.63, 3.8) is 0 Å². The van der Waals surface area contributed by atoms with Crippen LogP contribution in [0.25, 0.3) is 10.9 Å². The lowest BCUT2D eigenvalue weighted by Crippen LogP contribution is -2.41. The quantitative estimate of drug-likeness (QED) is 0.134. The highest BCUT2D eigenvalue weighted by molar-refractivity contribution is 6.31. The third-order valence-electron chi connectivity index (χ3n) is 5.90. The second kappa shape index (κ2) is 11.4. The molecule has 3 heterocycles. The fraction of sp³-hybridized carbons (Fsp3) is 0.222. The summed E-state index contributed by atoms with van der Waals surface area (Å²) < 4.78 is 0.423. The average Bonchev–Trinajstić information content (AvgIpc) is 3.24. The molecule has 0 fully saturated rings. The van der Waals surface area contributed by atoms with Crippen LogP contribution in [0.15, 0.2) is 65.3 Å². The van der Waals surface area contributed by atoms with Crippen LogP contribution >= 0.6 is 11.6 Å². The molecule has 1 aliphatic rings. The zero-order valence-corrected chi connectivity index (χ0v) is 22.4. The van der Waals surface area contributed by atoms with E-state index in [1.165, 1.54) is 12.4 Å². The lowest BCUT2D eigenvalue weighted by molar-refractivity contribution is -0.880. The van der Waals surface area contributed by atoms with Crippen LogP contribution in [0.1, 0.15) is 18.9 Å². The number of nitro groups is 1. The standard InChI is InChI=1S/C27H25ClN8O3/c1-5-18-12-20(8-9-22(18)28)33-26-21-13-24(29-14-23(21)30-16-31-26)34-25(37)7-6-10-36(3,4)15-19-11-17(2)32-27(19)35(38)39/h1,6-9,12-14,16H,10-11,15H2,2-4H3,(H-,29,30,31,33,34,37)/p+1/b7-6+. The van der Waals surface area contributed by atoms with E-state index in [9.17, 15) is 14.9 Å². The number of amides is 1. The average molecular weight is 546 g/mol. The summed E-state index contributed by atoms with van der Waals surface area (Å²) in [5, 5.41) is 18.4. The first-order chi connectivity index (χ1) is 18.5. The van der Waals surface area contributed by atoms with Gasteiger partial charge < -0.3 is 25.2 Å². The molecule has 4 rings (SSSR count). The number of nitrogens with one attached hydrogen (secondary N) is 2. The van der Waals surface area contributed by atoms with Crippen molar-refractivity contribution in [1.29, 1.82) is 0 Å². The van der Waals surface area contributed by atoms with E-state index in [2.05, 4.69) is 36.5 Å². The van der Waals surface area contributed by atoms with E-state index in [1.807, 2.05) is 14.1 Å². The number of halogens is 1. The van der Waals surface area contributed by atoms with E-state index in [0.717, 1.165) is 5.71 Å². The number of fused-ring (bicyclic) bond motifs is 1. The molecule has 0 unspecified atom stereocenters. The van der Waals surface area contributed by atoms with Gasteiger partial charge in [0.25, 0.3) is 0 Å². The smallest absolute Gasteiger partial charge is 0.358 e. The maximum Gasteiger partial charge on any atom is 0.368 e. The molecule has 1 aromatic carbocycles. The van der Waals surface area contributed by atoms with Gasteiger partial charge >= 0.3 is 5.82 Å². The number of nitrogens with zero attached hydrogens (tertiary/aromatic N) is 6. The van der Waals surface area contributed by atoms with Gasteiger partial charge in [-0.25, -0.2) is 15.0 Å². The summed E-state index contributed by atoms with van der Waals surface area (Å²) >= 11 is 6.10. The first-order valence-corrected chi connectivity index (χ1v) is 12.3. The molecule has 0 saturated heterocycles. The maximum absolute atomic E-state index is 12.6. The Morgan fingerprint density at radius 3 is 2.82 bits per heavy atom. The Balaban J connectivity index is 1.43. The molecule has 0 aliphatic carbocycles. The van der Waals surface area contributed by atoms with Crippen molar-refractivity contribution in [1.82, 2.24) is 15.0 Å². The molecule has 0 spiro atoms. The third-order valence-corrected chi connectivity index (χ3v) is 6.23. The highest BCUT2D eigenvalue weighted by Gasteiger charge is 2.31. The Kier molecular flexibility index (Phi) is 7.99. The predicted octanol–water partition coefficient (Wildman–Crippen LogP) is 4.33. The number of carbonyl (C=O) groups is 1. The van der Waals surface area contributed by atoms with E-state index in [0.29, 0.717) is 68.4 Å². The number of aliphatic imine (C=N–C) groups is 1. The SMILES string of the molecule is C#Cc1cc(Nc2ncnc3cnc(NC(=O)/C=C/C[N+](C)(C)CC4=C([N+](=O)[O-])N=C(C)C4)cc23)ccc1Cl. The van der Waals surface area contributed by atoms with Gasteiger partial charge in [0, 0.05) is 29.1 Å². The minimum absolute atomic E-state index is 0.0758. The lowest BCUT2D eigenvalue weighted by atomic mass is 10.1. The van der Waals surface area contributed by atoms with E-state index in [1.54, 1.807) is 43.5 Å². The minimum atomic E-state index is -0.443. The summed E-state index contributed by atoms with van der Waals surface area (Å²) in [6.07, 6.45) is 12.1. The Morgan fingerprint density at radius 1 is 1.28 bits per heavy atom. The fourth-order valence-corrected chi connectivity index (χ4v) is 4.33. The van der Waals surface area contributed by atoms with Crippen molar-refractivity contribution in [2.24, 2.45) is 4.99 Å². The summed E-state index contributed by atoms with van der Waals surface area (Å²) in [6.45, 7) is 2.70. The Morgan fingerprint density at radius 2 is 2.08 bits per heavy atom. The van der Waals surface area contributed by atoms with Crippen LogP contribution in [0.4, 0.5) is 17.3 Å². The molecule has 11 nitrogen and oxygen atoms in total. The molecule has 0 radical (unpaired) electrons. The predicted molar refractivity (Wildman–Crippen MR) is 151 cm³/mol. The number of quaternary nitrogens is 1. The molecule has 198 valence electrons. The number of pyridine rings is 1. The van der Waals surface area contributed by atoms with Gasteiger partial charge in [0.15, 0.2) is 0 Å². The fourth-order valence-electron chi connectivity index (χ4n) is 4.16. The van der Waals surface area contributed by atoms with Crippen molar-refractivity contribution < 1.29 is 14.2 Å². The van der Waals surface area contributed by atoms with Gasteiger partial charge in [-0.1, -0.05) is 17.5 Å². The molecule has 2 aromatic heterocycles. The molecule has 1 aliphatic heterocycles. The van der Waals surface area contributed by atoms with Crippen molar-refractivity contribution in [3.8, 4) is 12.3 Å². The van der Waals surface area contributed by atoms with E-state index in [4.69, 9.17) is 18.0 Å². The summed E-state index contributed by atoms with van der Waals surface area (Å²) in [7, 11) is 3.88. The number of anilines is 3. The number of benzene rings is 1. The molecule has 0 saturated carbocycles. The zero-order valence-electron chi connectivity index (χ0n) is 21.6. The number of carbonyl (C=O) groups excluding carboxylic acids is 1. The molecule has 0 atom stereocenters. The molecule has 0 bridgehead atoms. The van der Waals surface area contributed by atoms with Gasteiger partial charge in [-0.05, 0) is 47.2 Å². The first-order valence-electron chi connectivity index (χ1n) is 11.9. The third kappa shape index (κ3) is 6.81. The summed E-state index contributed by atoms with van der Waals surface area (Å²) in [5.41, 5.74) is 3.23. The summed E-state index contributed by atoms with van der Waals surface area (Å²) in [6, 6.07) is 6.89. The van der Waals surface area contributed by atoms with Crippen molar-refractivity contribution in [2.45, 2.75) is 13.3 Å². The second-order valence-electron chi connectivity index (χ2n) is 9.65. The molecule has 3 aromatic rings. The monoisotopic (exact) mass is 545 g/mol. The van der Waals surface area contributed by atoms with Crippen LogP contribution in [0.3, 0.4) is 0 Å². The summed E-state index contributed by atoms with van der Waals surface area (Å²) in [4.78, 5) is 40.3. The second-order valence-corrected chi connectivity index (χ2v) is 10.1. The first kappa shape index (κ1) is 27.4. The Hall–Kier alpha value is -4.66. The van der Waals surface area contributed by atoms with Gasteiger partial charge in [-0.15, -0.1) is 6.42 Å². The summed E-state index contributed by atoms with van der Waals surface area (Å²) in [5.74, 6) is 2.92. The van der Waals surface area contributed by atoms with Crippen molar-refractivity contribution in [2.75, 3.05) is 37.8 Å². The largest absolute Gasteiger partial charge is 0.368 e. The molecule has 12 heteroatoms. The molecule has 1 amide bonds. The maximum atomic E-state index is 12.6. The molecule has 39 heavy (non-hydrogen) atoms. The van der Waals surface area contributed by atoms with Crippen LogP contribution in [0.2, 0.25) is 5.02 Å². The normalized spacial score (nSPS) is 13.5. The van der Waals surface area contributed by atoms with E-state index >= 15 is 0 Å². The van der Waals surface area contributed by atoms with Gasteiger partial charge in [-0.2, -0.15) is 0 Å². The van der Waals surface area contributed by atoms with Crippen molar-refractivity contribution in [3.05, 3.63) is 81.0 Å². The number of rotatable bonds is 9. The molecular formula is C27H26ClN8O3+. The van der Waals surface area contributed by atoms with E-state index < -0.39 is 4.92 Å². The van der Waals surface area contributed by atoms with Crippen molar-refractivity contribution >= 4 is 51.4 Å². The van der Waals surface area contributed by atoms with Crippen LogP contribution in [-0.2, 0) is 4.79 Å². The number of hydrogen-bond acceptors (Lipinski definition) is 8. The number of terminal acetylenes is 1. The van der Waals surface area contributed by atoms with Crippen LogP contribution in [-0.4, -0.2) is 63.2 Å². The van der Waals surface area contributed by atoms with Crippen LogP contribution < -0.4 is 10.6 Å².